The van der Waals surface area contributed by atoms with Crippen molar-refractivity contribution in [2.24, 2.45) is 5.41 Å². The number of allylic oxidation sites excluding steroid dienone is 1. The Morgan fingerprint density at radius 2 is 2.11 bits per heavy atom. The number of carboxylic acids is 1. The summed E-state index contributed by atoms with van der Waals surface area (Å²) in [5, 5.41) is 16.1. The van der Waals surface area contributed by atoms with Gasteiger partial charge in [0.15, 0.2) is 5.75 Å². The van der Waals surface area contributed by atoms with Crippen LogP contribution in [0.25, 0.3) is 0 Å². The highest BCUT2D eigenvalue weighted by Gasteiger charge is 2.57. The number of thiophene rings is 1. The molecule has 2 N–H and O–H groups in total. The summed E-state index contributed by atoms with van der Waals surface area (Å²) in [6.07, 6.45) is 0.309. The molecule has 0 bridgehead atoms. The molecule has 8 nitrogen and oxygen atoms in total. The van der Waals surface area contributed by atoms with Crippen molar-refractivity contribution in [3.8, 4) is 5.75 Å². The van der Waals surface area contributed by atoms with Gasteiger partial charge in [-0.15, -0.1) is 11.3 Å². The molecule has 0 fully saturated rings. The highest BCUT2D eigenvalue weighted by atomic mass is 32.1. The van der Waals surface area contributed by atoms with Crippen LogP contribution in [0.2, 0.25) is 0 Å². The van der Waals surface area contributed by atoms with Crippen LogP contribution in [0, 0.1) is 5.41 Å². The predicted molar refractivity (Wildman–Crippen MR) is 132 cm³/mol. The fraction of sp³-hybridized carbons (Fsp3) is 0.462. The zero-order valence-electron chi connectivity index (χ0n) is 20.5. The highest BCUT2D eigenvalue weighted by Crippen LogP contribution is 2.53. The number of fused-ring (bicyclic) bond motifs is 1. The zero-order valence-corrected chi connectivity index (χ0v) is 21.3. The van der Waals surface area contributed by atoms with E-state index in [0.717, 1.165) is 12.1 Å². The van der Waals surface area contributed by atoms with Crippen molar-refractivity contribution >= 4 is 23.3 Å². The molecule has 3 atom stereocenters. The molecule has 0 aliphatic carbocycles. The Balaban J connectivity index is 1.81. The van der Waals surface area contributed by atoms with Crippen LogP contribution in [0.4, 0.5) is 0 Å². The third kappa shape index (κ3) is 4.68. The smallest absolute Gasteiger partial charge is 0.336 e. The monoisotopic (exact) mass is 500 g/mol. The Labute approximate surface area is 209 Å². The van der Waals surface area contributed by atoms with Gasteiger partial charge in [0.05, 0.1) is 12.2 Å². The maximum absolute atomic E-state index is 13.3. The number of nitrogens with zero attached hydrogens (tertiary/aromatic N) is 1. The molecule has 1 aromatic heterocycles. The van der Waals surface area contributed by atoms with Crippen molar-refractivity contribution in [1.82, 2.24) is 10.2 Å². The molecule has 0 radical (unpaired) electrons. The molecule has 0 spiro atoms. The number of carboxylic acid groups (broad SMARTS) is 1. The topological polar surface area (TPSA) is 97.3 Å². The second-order valence-electron chi connectivity index (χ2n) is 9.15. The number of carbonyl (C=O) groups is 2. The van der Waals surface area contributed by atoms with Crippen molar-refractivity contribution in [3.63, 3.8) is 0 Å². The Morgan fingerprint density at radius 3 is 2.80 bits per heavy atom. The van der Waals surface area contributed by atoms with E-state index < -0.39 is 29.3 Å². The van der Waals surface area contributed by atoms with Crippen molar-refractivity contribution in [3.05, 3.63) is 63.0 Å². The van der Waals surface area contributed by atoms with Gasteiger partial charge >= 0.3 is 11.9 Å². The van der Waals surface area contributed by atoms with Gasteiger partial charge in [0.1, 0.15) is 12.0 Å². The summed E-state index contributed by atoms with van der Waals surface area (Å²) in [6, 6.07) is 9.18. The van der Waals surface area contributed by atoms with Crippen molar-refractivity contribution < 1.29 is 29.2 Å². The average molecular weight is 501 g/mol. The number of ether oxygens (including phenoxy) is 1. The number of esters is 1. The number of rotatable bonds is 9. The SMILES string of the molecule is CCOC(=O)C1=C(C)NC(C)C(CCN(C)Cc2cccs2)(C(=O)O)C1c1cccc2c1OOC2. The zero-order chi connectivity index (χ0) is 25.2. The molecule has 2 aliphatic heterocycles. The van der Waals surface area contributed by atoms with E-state index >= 15 is 0 Å². The third-order valence-electron chi connectivity index (χ3n) is 7.01. The quantitative estimate of drug-likeness (QED) is 0.393. The fourth-order valence-corrected chi connectivity index (χ4v) is 6.05. The van der Waals surface area contributed by atoms with Crippen LogP contribution in [0.5, 0.6) is 5.75 Å². The first-order valence-corrected chi connectivity index (χ1v) is 12.7. The summed E-state index contributed by atoms with van der Waals surface area (Å²) in [7, 11) is 1.98. The normalized spacial score (nSPS) is 23.6. The van der Waals surface area contributed by atoms with Crippen LogP contribution in [0.15, 0.2) is 47.0 Å². The van der Waals surface area contributed by atoms with Gasteiger partial charge in [-0.05, 0) is 52.2 Å². The van der Waals surface area contributed by atoms with E-state index in [1.807, 2.05) is 43.6 Å². The molecule has 9 heteroatoms. The fourth-order valence-electron chi connectivity index (χ4n) is 5.27. The molecule has 2 aromatic rings. The van der Waals surface area contributed by atoms with E-state index in [1.54, 1.807) is 25.2 Å². The van der Waals surface area contributed by atoms with Crippen molar-refractivity contribution in [1.29, 1.82) is 0 Å². The Hall–Kier alpha value is -2.88. The second-order valence-corrected chi connectivity index (χ2v) is 10.2. The molecule has 1 aromatic carbocycles. The van der Waals surface area contributed by atoms with Crippen molar-refractivity contribution in [2.45, 2.75) is 52.3 Å². The minimum absolute atomic E-state index is 0.189. The van der Waals surface area contributed by atoms with Crippen LogP contribution in [-0.4, -0.2) is 48.2 Å². The lowest BCUT2D eigenvalue weighted by atomic mass is 9.60. The molecule has 4 rings (SSSR count). The van der Waals surface area contributed by atoms with Gasteiger partial charge in [-0.1, -0.05) is 24.3 Å². The lowest BCUT2D eigenvalue weighted by Gasteiger charge is -2.47. The number of benzene rings is 1. The van der Waals surface area contributed by atoms with E-state index in [4.69, 9.17) is 14.5 Å². The first-order chi connectivity index (χ1) is 16.8. The van der Waals surface area contributed by atoms with E-state index in [-0.39, 0.29) is 13.2 Å². The van der Waals surface area contributed by atoms with E-state index in [9.17, 15) is 14.7 Å². The molecule has 0 saturated carbocycles. The van der Waals surface area contributed by atoms with Gasteiger partial charge in [-0.2, -0.15) is 4.89 Å². The largest absolute Gasteiger partial charge is 0.481 e. The van der Waals surface area contributed by atoms with Gasteiger partial charge in [-0.3, -0.25) is 4.79 Å². The third-order valence-corrected chi connectivity index (χ3v) is 7.88. The molecule has 188 valence electrons. The summed E-state index contributed by atoms with van der Waals surface area (Å²) >= 11 is 1.67. The summed E-state index contributed by atoms with van der Waals surface area (Å²) < 4.78 is 5.42. The number of hydrogen-bond donors (Lipinski definition) is 2. The lowest BCUT2D eigenvalue weighted by Crippen LogP contribution is -2.57. The summed E-state index contributed by atoms with van der Waals surface area (Å²) in [5.41, 5.74) is 1.04. The average Bonchev–Trinajstić information content (AvgIpc) is 3.50. The summed E-state index contributed by atoms with van der Waals surface area (Å²) in [5.74, 6) is -1.80. The lowest BCUT2D eigenvalue weighted by molar-refractivity contribution is -0.195. The standard InChI is InChI=1S/C26H32N2O6S/c1-5-32-24(29)21-16(2)27-17(3)26(25(30)31,11-12-28(4)14-19-9-7-13-35-19)22(21)20-10-6-8-18-15-33-34-23(18)20/h6-10,13,17,22,27H,5,11-12,14-15H2,1-4H3,(H,30,31). The second kappa shape index (κ2) is 10.4. The van der Waals surface area contributed by atoms with Crippen molar-refractivity contribution in [2.75, 3.05) is 20.2 Å². The molecule has 35 heavy (non-hydrogen) atoms. The molecule has 0 saturated heterocycles. The van der Waals surface area contributed by atoms with Gasteiger partial charge < -0.3 is 24.9 Å². The number of nitrogens with one attached hydrogen (secondary N) is 1. The van der Waals surface area contributed by atoms with Crippen LogP contribution < -0.4 is 10.2 Å². The minimum atomic E-state index is -1.34. The van der Waals surface area contributed by atoms with E-state index in [0.29, 0.717) is 35.5 Å². The predicted octanol–water partition coefficient (Wildman–Crippen LogP) is 4.08. The molecule has 2 aliphatic rings. The molecule has 3 unspecified atom stereocenters. The van der Waals surface area contributed by atoms with Gasteiger partial charge in [0, 0.05) is 40.2 Å². The number of para-hydroxylation sites is 1. The molecule has 3 heterocycles. The molecular weight excluding hydrogens is 468 g/mol. The van der Waals surface area contributed by atoms with Crippen LogP contribution >= 0.6 is 11.3 Å². The van der Waals surface area contributed by atoms with Crippen LogP contribution in [0.1, 0.15) is 49.1 Å². The van der Waals surface area contributed by atoms with Gasteiger partial charge in [0.25, 0.3) is 0 Å². The van der Waals surface area contributed by atoms with E-state index in [2.05, 4.69) is 16.3 Å². The Bertz CT molecular complexity index is 1120. The first kappa shape index (κ1) is 25.2. The number of hydrogen-bond acceptors (Lipinski definition) is 8. The molecular formula is C26H32N2O6S. The molecule has 0 amide bonds. The summed E-state index contributed by atoms with van der Waals surface area (Å²) in [4.78, 5) is 40.6. The Morgan fingerprint density at radius 1 is 1.31 bits per heavy atom. The summed E-state index contributed by atoms with van der Waals surface area (Å²) in [6.45, 7) is 7.10. The minimum Gasteiger partial charge on any atom is -0.481 e. The van der Waals surface area contributed by atoms with E-state index in [1.165, 1.54) is 4.88 Å². The number of aliphatic carboxylic acids is 1. The number of carbonyl (C=O) groups excluding carboxylic acids is 1. The van der Waals surface area contributed by atoms with Crippen LogP contribution in [0.3, 0.4) is 0 Å². The van der Waals surface area contributed by atoms with Gasteiger partial charge in [0.2, 0.25) is 0 Å². The first-order valence-electron chi connectivity index (χ1n) is 11.8. The van der Waals surface area contributed by atoms with Crippen LogP contribution in [-0.2, 0) is 32.4 Å². The maximum atomic E-state index is 13.3. The Kier molecular flexibility index (Phi) is 7.49. The highest BCUT2D eigenvalue weighted by molar-refractivity contribution is 7.09. The maximum Gasteiger partial charge on any atom is 0.336 e. The van der Waals surface area contributed by atoms with Gasteiger partial charge in [-0.25, -0.2) is 4.79 Å².